The number of hydrogen-bond donors (Lipinski definition) is 2. The summed E-state index contributed by atoms with van der Waals surface area (Å²) >= 11 is 0. The number of hydrogen-bond acceptors (Lipinski definition) is 2. The van der Waals surface area contributed by atoms with Crippen LogP contribution in [0, 0.1) is 0 Å². The van der Waals surface area contributed by atoms with Crippen LogP contribution in [0.5, 0.6) is 0 Å². The third kappa shape index (κ3) is 5.33. The Morgan fingerprint density at radius 2 is 1.67 bits per heavy atom. The number of carbonyl (C=O) groups is 2. The molecule has 2 amide bonds. The van der Waals surface area contributed by atoms with Crippen molar-refractivity contribution in [3.63, 3.8) is 0 Å². The van der Waals surface area contributed by atoms with Gasteiger partial charge in [-0.3, -0.25) is 4.79 Å². The van der Waals surface area contributed by atoms with Gasteiger partial charge >= 0.3 is 12.2 Å². The summed E-state index contributed by atoms with van der Waals surface area (Å²) in [5.74, 6) is -0.377. The molecule has 0 aliphatic heterocycles. The molecule has 0 saturated heterocycles. The molecule has 7 heteroatoms. The van der Waals surface area contributed by atoms with Gasteiger partial charge in [-0.05, 0) is 0 Å². The monoisotopic (exact) mass is 260 g/mol. The van der Waals surface area contributed by atoms with Crippen molar-refractivity contribution in [1.29, 1.82) is 0 Å². The van der Waals surface area contributed by atoms with Crippen molar-refractivity contribution < 1.29 is 22.8 Å². The largest absolute Gasteiger partial charge is 0.405 e. The molecule has 0 aromatic heterocycles. The van der Waals surface area contributed by atoms with Gasteiger partial charge in [0.15, 0.2) is 5.78 Å². The molecule has 0 unspecified atom stereocenters. The highest BCUT2D eigenvalue weighted by molar-refractivity contribution is 5.99. The van der Waals surface area contributed by atoms with Crippen LogP contribution in [0.3, 0.4) is 0 Å². The van der Waals surface area contributed by atoms with E-state index in [1.54, 1.807) is 35.6 Å². The van der Waals surface area contributed by atoms with Crippen LogP contribution in [-0.2, 0) is 0 Å². The molecule has 0 atom stereocenters. The van der Waals surface area contributed by atoms with Gasteiger partial charge in [0.05, 0.1) is 6.54 Å². The molecule has 1 aromatic carbocycles. The molecule has 0 saturated carbocycles. The molecule has 98 valence electrons. The number of Topliss-reactive ketones (excluding diaryl/α,β-unsaturated/α-hetero) is 1. The maximum absolute atomic E-state index is 11.8. The smallest absolute Gasteiger partial charge is 0.331 e. The summed E-state index contributed by atoms with van der Waals surface area (Å²) in [5, 5.41) is 3.66. The lowest BCUT2D eigenvalue weighted by atomic mass is 10.1. The van der Waals surface area contributed by atoms with Crippen LogP contribution in [0.2, 0.25) is 0 Å². The summed E-state index contributed by atoms with van der Waals surface area (Å²) in [6.07, 6.45) is -4.47. The number of nitrogens with one attached hydrogen (secondary N) is 2. The Hall–Kier alpha value is -2.05. The minimum absolute atomic E-state index is 0.353. The van der Waals surface area contributed by atoms with E-state index in [0.29, 0.717) is 5.56 Å². The number of benzene rings is 1. The molecule has 0 bridgehead atoms. The minimum atomic E-state index is -4.47. The molecule has 18 heavy (non-hydrogen) atoms. The van der Waals surface area contributed by atoms with Gasteiger partial charge in [0.2, 0.25) is 0 Å². The highest BCUT2D eigenvalue weighted by Gasteiger charge is 2.27. The van der Waals surface area contributed by atoms with Crippen molar-refractivity contribution in [3.8, 4) is 0 Å². The summed E-state index contributed by atoms with van der Waals surface area (Å²) in [6, 6.07) is 7.10. The van der Waals surface area contributed by atoms with Gasteiger partial charge in [0, 0.05) is 5.56 Å². The Kier molecular flexibility index (Phi) is 4.70. The number of ketones is 1. The van der Waals surface area contributed by atoms with Crippen molar-refractivity contribution in [1.82, 2.24) is 10.6 Å². The number of amides is 2. The zero-order valence-electron chi connectivity index (χ0n) is 9.25. The van der Waals surface area contributed by atoms with Gasteiger partial charge in [0.25, 0.3) is 0 Å². The molecule has 1 rings (SSSR count). The first-order valence-corrected chi connectivity index (χ1v) is 5.05. The molecule has 0 aliphatic rings. The second kappa shape index (κ2) is 6.04. The molecule has 0 spiro atoms. The van der Waals surface area contributed by atoms with E-state index in [-0.39, 0.29) is 12.3 Å². The van der Waals surface area contributed by atoms with Crippen molar-refractivity contribution in [2.24, 2.45) is 0 Å². The molecule has 0 aliphatic carbocycles. The first-order chi connectivity index (χ1) is 8.38. The van der Waals surface area contributed by atoms with Gasteiger partial charge < -0.3 is 10.6 Å². The van der Waals surface area contributed by atoms with Crippen molar-refractivity contribution in [2.75, 3.05) is 13.1 Å². The van der Waals surface area contributed by atoms with Crippen LogP contribution in [-0.4, -0.2) is 31.1 Å². The summed E-state index contributed by atoms with van der Waals surface area (Å²) in [5.41, 5.74) is 0.383. The molecule has 0 radical (unpaired) electrons. The lowest BCUT2D eigenvalue weighted by molar-refractivity contribution is -0.122. The predicted molar refractivity (Wildman–Crippen MR) is 58.2 cm³/mol. The first-order valence-electron chi connectivity index (χ1n) is 5.05. The summed E-state index contributed by atoms with van der Waals surface area (Å²) in [4.78, 5) is 22.4. The zero-order valence-corrected chi connectivity index (χ0v) is 9.25. The zero-order chi connectivity index (χ0) is 13.6. The van der Waals surface area contributed by atoms with E-state index >= 15 is 0 Å². The maximum Gasteiger partial charge on any atom is 0.405 e. The highest BCUT2D eigenvalue weighted by atomic mass is 19.4. The Morgan fingerprint density at radius 1 is 1.06 bits per heavy atom. The van der Waals surface area contributed by atoms with Crippen molar-refractivity contribution in [3.05, 3.63) is 35.9 Å². The fourth-order valence-corrected chi connectivity index (χ4v) is 1.13. The lowest BCUT2D eigenvalue weighted by Crippen LogP contribution is -2.42. The number of carbonyl (C=O) groups excluding carboxylic acids is 2. The quantitative estimate of drug-likeness (QED) is 0.810. The second-order valence-electron chi connectivity index (χ2n) is 3.44. The second-order valence-corrected chi connectivity index (χ2v) is 3.44. The first kappa shape index (κ1) is 14.0. The van der Waals surface area contributed by atoms with Crippen LogP contribution in [0.25, 0.3) is 0 Å². The SMILES string of the molecule is O=C(NCC(=O)c1ccccc1)NCC(F)(F)F. The normalized spacial score (nSPS) is 10.8. The Morgan fingerprint density at radius 3 is 2.22 bits per heavy atom. The van der Waals surface area contributed by atoms with Gasteiger partial charge in [-0.1, -0.05) is 30.3 Å². The summed E-state index contributed by atoms with van der Waals surface area (Å²) in [6.45, 7) is -1.79. The average molecular weight is 260 g/mol. The Bertz CT molecular complexity index is 418. The Labute approximate surface area is 101 Å². The molecular formula is C11H11F3N2O2. The maximum atomic E-state index is 11.8. The van der Waals surface area contributed by atoms with E-state index in [2.05, 4.69) is 5.32 Å². The fraction of sp³-hybridized carbons (Fsp3) is 0.273. The van der Waals surface area contributed by atoms with E-state index < -0.39 is 18.8 Å². The van der Waals surface area contributed by atoms with E-state index in [0.717, 1.165) is 0 Å². The van der Waals surface area contributed by atoms with Crippen molar-refractivity contribution in [2.45, 2.75) is 6.18 Å². The lowest BCUT2D eigenvalue weighted by Gasteiger charge is -2.09. The topological polar surface area (TPSA) is 58.2 Å². The van der Waals surface area contributed by atoms with Gasteiger partial charge in [-0.25, -0.2) is 4.79 Å². The highest BCUT2D eigenvalue weighted by Crippen LogP contribution is 2.11. The van der Waals surface area contributed by atoms with Gasteiger partial charge in [0.1, 0.15) is 6.54 Å². The number of halogens is 3. The minimum Gasteiger partial charge on any atom is -0.331 e. The summed E-state index contributed by atoms with van der Waals surface area (Å²) in [7, 11) is 0. The fourth-order valence-electron chi connectivity index (χ4n) is 1.13. The third-order valence-electron chi connectivity index (χ3n) is 1.95. The van der Waals surface area contributed by atoms with Crippen LogP contribution in [0.1, 0.15) is 10.4 Å². The van der Waals surface area contributed by atoms with Gasteiger partial charge in [-0.2, -0.15) is 13.2 Å². The third-order valence-corrected chi connectivity index (χ3v) is 1.95. The number of urea groups is 1. The van der Waals surface area contributed by atoms with Crippen LogP contribution < -0.4 is 10.6 Å². The van der Waals surface area contributed by atoms with E-state index in [1.165, 1.54) is 0 Å². The number of rotatable bonds is 4. The van der Waals surface area contributed by atoms with Gasteiger partial charge in [-0.15, -0.1) is 0 Å². The summed E-state index contributed by atoms with van der Waals surface area (Å²) < 4.78 is 35.3. The molecular weight excluding hydrogens is 249 g/mol. The average Bonchev–Trinajstić information content (AvgIpc) is 2.33. The predicted octanol–water partition coefficient (Wildman–Crippen LogP) is 1.73. The van der Waals surface area contributed by atoms with Crippen LogP contribution in [0.4, 0.5) is 18.0 Å². The van der Waals surface area contributed by atoms with Crippen molar-refractivity contribution >= 4 is 11.8 Å². The Balaban J connectivity index is 2.33. The molecule has 1 aromatic rings. The van der Waals surface area contributed by atoms with E-state index in [9.17, 15) is 22.8 Å². The van der Waals surface area contributed by atoms with E-state index in [1.807, 2.05) is 0 Å². The standard InChI is InChI=1S/C11H11F3N2O2/c12-11(13,14)7-16-10(18)15-6-9(17)8-4-2-1-3-5-8/h1-5H,6-7H2,(H2,15,16,18). The molecule has 2 N–H and O–H groups in total. The van der Waals surface area contributed by atoms with Crippen LogP contribution >= 0.6 is 0 Å². The van der Waals surface area contributed by atoms with E-state index in [4.69, 9.17) is 0 Å². The molecule has 0 fully saturated rings. The van der Waals surface area contributed by atoms with Crippen LogP contribution in [0.15, 0.2) is 30.3 Å². The molecule has 4 nitrogen and oxygen atoms in total. The molecule has 0 heterocycles. The number of alkyl halides is 3.